The van der Waals surface area contributed by atoms with Crippen LogP contribution in [-0.2, 0) is 5.54 Å². The van der Waals surface area contributed by atoms with E-state index in [2.05, 4.69) is 12.2 Å². The third kappa shape index (κ3) is 1.63. The van der Waals surface area contributed by atoms with E-state index in [0.29, 0.717) is 24.7 Å². The quantitative estimate of drug-likeness (QED) is 0.778. The van der Waals surface area contributed by atoms with Crippen LogP contribution in [0.2, 0.25) is 0 Å². The Kier molecular flexibility index (Phi) is 2.40. The molecular formula is C13H17NO3. The number of nitrogens with one attached hydrogen (secondary N) is 1. The first-order chi connectivity index (χ1) is 8.21. The van der Waals surface area contributed by atoms with Gasteiger partial charge in [0, 0.05) is 11.1 Å². The highest BCUT2D eigenvalue weighted by Gasteiger charge is 2.34. The molecule has 0 aromatic heterocycles. The van der Waals surface area contributed by atoms with E-state index in [0.717, 1.165) is 24.9 Å². The molecule has 2 heterocycles. The van der Waals surface area contributed by atoms with Gasteiger partial charge in [0.2, 0.25) is 5.75 Å². The second-order valence-corrected chi connectivity index (χ2v) is 4.85. The zero-order valence-corrected chi connectivity index (χ0v) is 9.95. The first-order valence-electron chi connectivity index (χ1n) is 6.08. The lowest BCUT2D eigenvalue weighted by Crippen LogP contribution is -2.33. The maximum atomic E-state index is 10.3. The third-order valence-corrected chi connectivity index (χ3v) is 3.65. The molecule has 0 bridgehead atoms. The molecule has 2 N–H and O–H groups in total. The fourth-order valence-electron chi connectivity index (χ4n) is 2.67. The van der Waals surface area contributed by atoms with Crippen molar-refractivity contribution in [1.82, 2.24) is 5.32 Å². The van der Waals surface area contributed by atoms with Crippen molar-refractivity contribution in [2.75, 3.05) is 19.8 Å². The van der Waals surface area contributed by atoms with Gasteiger partial charge in [0.1, 0.15) is 13.2 Å². The van der Waals surface area contributed by atoms with E-state index >= 15 is 0 Å². The molecule has 17 heavy (non-hydrogen) atoms. The number of phenolic OH excluding ortho intramolecular Hbond substituents is 1. The molecule has 3 rings (SSSR count). The molecular weight excluding hydrogens is 218 g/mol. The minimum Gasteiger partial charge on any atom is -0.504 e. The van der Waals surface area contributed by atoms with Crippen LogP contribution in [0.4, 0.5) is 0 Å². The Morgan fingerprint density at radius 1 is 1.29 bits per heavy atom. The molecule has 4 nitrogen and oxygen atoms in total. The van der Waals surface area contributed by atoms with Gasteiger partial charge in [-0.1, -0.05) is 0 Å². The predicted octanol–water partition coefficient (Wildman–Crippen LogP) is 1.76. The highest BCUT2D eigenvalue weighted by atomic mass is 16.6. The van der Waals surface area contributed by atoms with Crippen LogP contribution in [-0.4, -0.2) is 24.9 Å². The van der Waals surface area contributed by atoms with Gasteiger partial charge in [-0.05, 0) is 38.4 Å². The van der Waals surface area contributed by atoms with Gasteiger partial charge >= 0.3 is 0 Å². The molecule has 0 radical (unpaired) electrons. The number of phenols is 1. The normalized spacial score (nSPS) is 27.1. The van der Waals surface area contributed by atoms with Crippen LogP contribution in [0, 0.1) is 0 Å². The first kappa shape index (κ1) is 10.7. The van der Waals surface area contributed by atoms with E-state index in [9.17, 15) is 5.11 Å². The molecule has 92 valence electrons. The highest BCUT2D eigenvalue weighted by Crippen LogP contribution is 2.46. The van der Waals surface area contributed by atoms with Crippen LogP contribution in [0.15, 0.2) is 12.1 Å². The molecule has 1 aromatic carbocycles. The predicted molar refractivity (Wildman–Crippen MR) is 63.7 cm³/mol. The smallest absolute Gasteiger partial charge is 0.203 e. The van der Waals surface area contributed by atoms with Crippen molar-refractivity contribution in [3.63, 3.8) is 0 Å². The lowest BCUT2D eigenvalue weighted by Gasteiger charge is -2.28. The summed E-state index contributed by atoms with van der Waals surface area (Å²) in [4.78, 5) is 0. The van der Waals surface area contributed by atoms with Crippen LogP contribution in [0.3, 0.4) is 0 Å². The molecule has 0 aliphatic carbocycles. The molecule has 1 unspecified atom stereocenters. The van der Waals surface area contributed by atoms with Gasteiger partial charge in [0.05, 0.1) is 0 Å². The number of hydrogen-bond acceptors (Lipinski definition) is 4. The van der Waals surface area contributed by atoms with Crippen LogP contribution < -0.4 is 14.8 Å². The second kappa shape index (κ2) is 3.81. The highest BCUT2D eigenvalue weighted by molar-refractivity contribution is 5.57. The number of aromatic hydroxyl groups is 1. The zero-order valence-electron chi connectivity index (χ0n) is 9.95. The SMILES string of the molecule is CC1(c2ccc3c(c2O)OCCO3)CCCN1. The Hall–Kier alpha value is -1.42. The van der Waals surface area contributed by atoms with Gasteiger partial charge in [-0.2, -0.15) is 0 Å². The van der Waals surface area contributed by atoms with Crippen molar-refractivity contribution in [3.8, 4) is 17.2 Å². The lowest BCUT2D eigenvalue weighted by atomic mass is 9.89. The molecule has 1 aromatic rings. The van der Waals surface area contributed by atoms with E-state index < -0.39 is 0 Å². The van der Waals surface area contributed by atoms with Gasteiger partial charge in [-0.25, -0.2) is 0 Å². The van der Waals surface area contributed by atoms with Crippen molar-refractivity contribution in [2.45, 2.75) is 25.3 Å². The van der Waals surface area contributed by atoms with E-state index in [-0.39, 0.29) is 11.3 Å². The van der Waals surface area contributed by atoms with E-state index in [1.165, 1.54) is 0 Å². The first-order valence-corrected chi connectivity index (χ1v) is 6.08. The van der Waals surface area contributed by atoms with E-state index in [1.807, 2.05) is 12.1 Å². The average Bonchev–Trinajstić information content (AvgIpc) is 2.78. The molecule has 0 amide bonds. The van der Waals surface area contributed by atoms with Gasteiger partial charge in [-0.3, -0.25) is 0 Å². The molecule has 1 saturated heterocycles. The summed E-state index contributed by atoms with van der Waals surface area (Å²) in [5.41, 5.74) is 0.749. The third-order valence-electron chi connectivity index (χ3n) is 3.65. The summed E-state index contributed by atoms with van der Waals surface area (Å²) in [6.45, 7) is 4.14. The van der Waals surface area contributed by atoms with Gasteiger partial charge < -0.3 is 19.9 Å². The molecule has 2 aliphatic heterocycles. The minimum absolute atomic E-state index is 0.153. The Morgan fingerprint density at radius 2 is 2.12 bits per heavy atom. The number of hydrogen-bond donors (Lipinski definition) is 2. The number of fused-ring (bicyclic) bond motifs is 1. The van der Waals surface area contributed by atoms with Crippen molar-refractivity contribution in [3.05, 3.63) is 17.7 Å². The van der Waals surface area contributed by atoms with Crippen molar-refractivity contribution in [1.29, 1.82) is 0 Å². The summed E-state index contributed by atoms with van der Waals surface area (Å²) in [6, 6.07) is 3.82. The van der Waals surface area contributed by atoms with Crippen molar-refractivity contribution in [2.24, 2.45) is 0 Å². The van der Waals surface area contributed by atoms with Gasteiger partial charge in [-0.15, -0.1) is 0 Å². The molecule has 1 atom stereocenters. The molecule has 1 fully saturated rings. The largest absolute Gasteiger partial charge is 0.504 e. The van der Waals surface area contributed by atoms with Crippen LogP contribution in [0.25, 0.3) is 0 Å². The maximum absolute atomic E-state index is 10.3. The van der Waals surface area contributed by atoms with E-state index in [4.69, 9.17) is 9.47 Å². The summed E-state index contributed by atoms with van der Waals surface area (Å²) in [6.07, 6.45) is 2.16. The van der Waals surface area contributed by atoms with Gasteiger partial charge in [0.25, 0.3) is 0 Å². The fourth-order valence-corrected chi connectivity index (χ4v) is 2.67. The average molecular weight is 235 g/mol. The summed E-state index contributed by atoms with van der Waals surface area (Å²) < 4.78 is 10.9. The standard InChI is InChI=1S/C13H17NO3/c1-13(5-2-6-14-13)9-3-4-10-12(11(9)15)17-8-7-16-10/h3-4,14-15H,2,5-8H2,1H3. The van der Waals surface area contributed by atoms with Crippen LogP contribution in [0.1, 0.15) is 25.3 Å². The van der Waals surface area contributed by atoms with Crippen LogP contribution in [0.5, 0.6) is 17.2 Å². The Labute approximate surface area is 101 Å². The van der Waals surface area contributed by atoms with Crippen LogP contribution >= 0.6 is 0 Å². The lowest BCUT2D eigenvalue weighted by molar-refractivity contribution is 0.164. The second-order valence-electron chi connectivity index (χ2n) is 4.85. The molecule has 0 spiro atoms. The topological polar surface area (TPSA) is 50.7 Å². The van der Waals surface area contributed by atoms with Crippen molar-refractivity contribution >= 4 is 0 Å². The number of benzene rings is 1. The minimum atomic E-state index is -0.153. The maximum Gasteiger partial charge on any atom is 0.203 e. The summed E-state index contributed by atoms with van der Waals surface area (Å²) >= 11 is 0. The number of ether oxygens (including phenoxy) is 2. The van der Waals surface area contributed by atoms with E-state index in [1.54, 1.807) is 0 Å². The monoisotopic (exact) mass is 235 g/mol. The van der Waals surface area contributed by atoms with Crippen molar-refractivity contribution < 1.29 is 14.6 Å². The molecule has 2 aliphatic rings. The number of rotatable bonds is 1. The zero-order chi connectivity index (χ0) is 11.9. The molecule has 0 saturated carbocycles. The Bertz CT molecular complexity index is 439. The summed E-state index contributed by atoms with van der Waals surface area (Å²) in [7, 11) is 0. The summed E-state index contributed by atoms with van der Waals surface area (Å²) in [5.74, 6) is 1.35. The fraction of sp³-hybridized carbons (Fsp3) is 0.538. The van der Waals surface area contributed by atoms with Gasteiger partial charge in [0.15, 0.2) is 11.5 Å². The Balaban J connectivity index is 2.06. The summed E-state index contributed by atoms with van der Waals surface area (Å²) in [5, 5.41) is 13.8. The molecule has 4 heteroatoms. The Morgan fingerprint density at radius 3 is 2.88 bits per heavy atom.